The SMILES string of the molecule is O=c1n(CCO)c2ccccc2n1C1CCN(CC2CCCCCCC2)CC1. The lowest BCUT2D eigenvalue weighted by atomic mass is 9.90. The fourth-order valence-corrected chi connectivity index (χ4v) is 5.35. The highest BCUT2D eigenvalue weighted by Crippen LogP contribution is 2.28. The number of aliphatic hydroxyl groups excluding tert-OH is 1. The third-order valence-electron chi connectivity index (χ3n) is 6.86. The molecule has 154 valence electrons. The van der Waals surface area contributed by atoms with Crippen molar-refractivity contribution >= 4 is 11.0 Å². The molecular weight excluding hydrogens is 350 g/mol. The van der Waals surface area contributed by atoms with Crippen molar-refractivity contribution in [2.45, 2.75) is 70.4 Å². The van der Waals surface area contributed by atoms with Crippen molar-refractivity contribution in [3.63, 3.8) is 0 Å². The van der Waals surface area contributed by atoms with Crippen LogP contribution in [0, 0.1) is 5.92 Å². The lowest BCUT2D eigenvalue weighted by molar-refractivity contribution is 0.151. The number of hydrogen-bond acceptors (Lipinski definition) is 3. The molecule has 5 heteroatoms. The predicted molar refractivity (Wildman–Crippen MR) is 114 cm³/mol. The third kappa shape index (κ3) is 4.20. The van der Waals surface area contributed by atoms with Gasteiger partial charge in [-0.3, -0.25) is 9.13 Å². The number of benzene rings is 1. The number of hydrogen-bond donors (Lipinski definition) is 1. The molecule has 0 amide bonds. The van der Waals surface area contributed by atoms with E-state index in [1.54, 1.807) is 4.57 Å². The molecule has 0 radical (unpaired) electrons. The summed E-state index contributed by atoms with van der Waals surface area (Å²) in [7, 11) is 0. The van der Waals surface area contributed by atoms with Gasteiger partial charge >= 0.3 is 5.69 Å². The van der Waals surface area contributed by atoms with E-state index in [9.17, 15) is 9.90 Å². The van der Waals surface area contributed by atoms with Crippen LogP contribution in [0.15, 0.2) is 29.1 Å². The summed E-state index contributed by atoms with van der Waals surface area (Å²) < 4.78 is 3.73. The Hall–Kier alpha value is -1.59. The Morgan fingerprint density at radius 3 is 2.21 bits per heavy atom. The zero-order chi connectivity index (χ0) is 19.3. The molecule has 2 aliphatic rings. The van der Waals surface area contributed by atoms with Gasteiger partial charge in [-0.15, -0.1) is 0 Å². The molecule has 1 aliphatic carbocycles. The largest absolute Gasteiger partial charge is 0.395 e. The molecular formula is C23H35N3O2. The molecule has 1 N–H and O–H groups in total. The summed E-state index contributed by atoms with van der Waals surface area (Å²) >= 11 is 0. The average Bonchev–Trinajstić information content (AvgIpc) is 2.97. The topological polar surface area (TPSA) is 50.4 Å². The number of imidazole rings is 1. The van der Waals surface area contributed by atoms with Crippen LogP contribution in [0.3, 0.4) is 0 Å². The van der Waals surface area contributed by atoms with Crippen molar-refractivity contribution in [3.05, 3.63) is 34.7 Å². The highest BCUT2D eigenvalue weighted by Gasteiger charge is 2.26. The molecule has 28 heavy (non-hydrogen) atoms. The van der Waals surface area contributed by atoms with Gasteiger partial charge in [0.15, 0.2) is 0 Å². The first-order valence-corrected chi connectivity index (χ1v) is 11.3. The Kier molecular flexibility index (Phi) is 6.53. The van der Waals surface area contributed by atoms with Crippen molar-refractivity contribution in [2.75, 3.05) is 26.2 Å². The van der Waals surface area contributed by atoms with E-state index >= 15 is 0 Å². The second-order valence-electron chi connectivity index (χ2n) is 8.76. The van der Waals surface area contributed by atoms with Gasteiger partial charge in [-0.25, -0.2) is 4.79 Å². The van der Waals surface area contributed by atoms with Crippen LogP contribution < -0.4 is 5.69 Å². The van der Waals surface area contributed by atoms with Gasteiger partial charge in [0.2, 0.25) is 0 Å². The number of aromatic nitrogens is 2. The predicted octanol–water partition coefficient (Wildman–Crippen LogP) is 3.79. The monoisotopic (exact) mass is 385 g/mol. The molecule has 1 aromatic heterocycles. The maximum absolute atomic E-state index is 13.0. The number of piperidine rings is 1. The maximum atomic E-state index is 13.0. The molecule has 2 heterocycles. The summed E-state index contributed by atoms with van der Waals surface area (Å²) in [4.78, 5) is 15.7. The summed E-state index contributed by atoms with van der Waals surface area (Å²) in [6, 6.07) is 8.28. The highest BCUT2D eigenvalue weighted by atomic mass is 16.3. The number of likely N-dealkylation sites (tertiary alicyclic amines) is 1. The van der Waals surface area contributed by atoms with Gasteiger partial charge in [-0.05, 0) is 43.7 Å². The second kappa shape index (κ2) is 9.27. The molecule has 1 aromatic carbocycles. The molecule has 2 aromatic rings. The minimum Gasteiger partial charge on any atom is -0.395 e. The van der Waals surface area contributed by atoms with E-state index in [0.29, 0.717) is 6.54 Å². The Balaban J connectivity index is 1.44. The van der Waals surface area contributed by atoms with Gasteiger partial charge in [0, 0.05) is 25.7 Å². The van der Waals surface area contributed by atoms with Crippen molar-refractivity contribution in [1.29, 1.82) is 0 Å². The van der Waals surface area contributed by atoms with Gasteiger partial charge in [0.25, 0.3) is 0 Å². The fourth-order valence-electron chi connectivity index (χ4n) is 5.35. The van der Waals surface area contributed by atoms with Gasteiger partial charge in [-0.2, -0.15) is 0 Å². The lowest BCUT2D eigenvalue weighted by Crippen LogP contribution is -2.40. The Labute approximate surface area is 168 Å². The highest BCUT2D eigenvalue weighted by molar-refractivity contribution is 5.76. The van der Waals surface area contributed by atoms with Crippen molar-refractivity contribution in [1.82, 2.24) is 14.0 Å². The van der Waals surface area contributed by atoms with E-state index in [0.717, 1.165) is 42.9 Å². The number of rotatable bonds is 5. The molecule has 2 fully saturated rings. The van der Waals surface area contributed by atoms with Crippen LogP contribution in [0.25, 0.3) is 11.0 Å². The van der Waals surface area contributed by atoms with E-state index in [2.05, 4.69) is 4.90 Å². The van der Waals surface area contributed by atoms with E-state index < -0.39 is 0 Å². The van der Waals surface area contributed by atoms with E-state index in [1.807, 2.05) is 28.8 Å². The maximum Gasteiger partial charge on any atom is 0.329 e. The zero-order valence-electron chi connectivity index (χ0n) is 17.1. The smallest absolute Gasteiger partial charge is 0.329 e. The van der Waals surface area contributed by atoms with E-state index in [-0.39, 0.29) is 18.3 Å². The molecule has 0 unspecified atom stereocenters. The van der Waals surface area contributed by atoms with E-state index in [1.165, 1.54) is 51.5 Å². The summed E-state index contributed by atoms with van der Waals surface area (Å²) in [5, 5.41) is 9.38. The Morgan fingerprint density at radius 2 is 1.54 bits per heavy atom. The first kappa shape index (κ1) is 19.7. The first-order chi connectivity index (χ1) is 13.8. The molecule has 0 atom stereocenters. The van der Waals surface area contributed by atoms with Crippen LogP contribution in [0.1, 0.15) is 63.8 Å². The van der Waals surface area contributed by atoms with Crippen molar-refractivity contribution in [3.8, 4) is 0 Å². The Morgan fingerprint density at radius 1 is 0.893 bits per heavy atom. The molecule has 5 nitrogen and oxygen atoms in total. The van der Waals surface area contributed by atoms with Crippen LogP contribution in [-0.2, 0) is 6.54 Å². The second-order valence-corrected chi connectivity index (χ2v) is 8.76. The first-order valence-electron chi connectivity index (χ1n) is 11.3. The number of para-hydroxylation sites is 2. The van der Waals surface area contributed by atoms with Crippen LogP contribution in [0.4, 0.5) is 0 Å². The summed E-state index contributed by atoms with van der Waals surface area (Å²) in [6.07, 6.45) is 11.9. The zero-order valence-corrected chi connectivity index (χ0v) is 17.1. The standard InChI is InChI=1S/C23H35N3O2/c27-17-16-25-21-10-6-7-11-22(21)26(23(25)28)20-12-14-24(15-13-20)18-19-8-4-2-1-3-5-9-19/h6-7,10-11,19-20,27H,1-5,8-9,12-18H2. The minimum absolute atomic E-state index is 0.00620. The van der Waals surface area contributed by atoms with Gasteiger partial charge in [0.05, 0.1) is 24.2 Å². The van der Waals surface area contributed by atoms with Gasteiger partial charge in [-0.1, -0.05) is 44.2 Å². The van der Waals surface area contributed by atoms with Crippen LogP contribution in [-0.4, -0.2) is 45.4 Å². The molecule has 0 spiro atoms. The molecule has 4 rings (SSSR count). The van der Waals surface area contributed by atoms with Gasteiger partial charge in [0.1, 0.15) is 0 Å². The van der Waals surface area contributed by atoms with E-state index in [4.69, 9.17) is 0 Å². The number of fused-ring (bicyclic) bond motifs is 1. The van der Waals surface area contributed by atoms with Crippen LogP contribution in [0.2, 0.25) is 0 Å². The summed E-state index contributed by atoms with van der Waals surface area (Å²) in [6.45, 7) is 3.79. The normalized spacial score (nSPS) is 21.0. The fraction of sp³-hybridized carbons (Fsp3) is 0.696. The molecule has 0 bridgehead atoms. The number of aliphatic hydroxyl groups is 1. The van der Waals surface area contributed by atoms with Crippen molar-refractivity contribution < 1.29 is 5.11 Å². The summed E-state index contributed by atoms with van der Waals surface area (Å²) in [5.74, 6) is 0.867. The molecule has 1 aliphatic heterocycles. The van der Waals surface area contributed by atoms with Gasteiger partial charge < -0.3 is 10.0 Å². The summed E-state index contributed by atoms with van der Waals surface area (Å²) in [5.41, 5.74) is 1.99. The quantitative estimate of drug-likeness (QED) is 0.852. The molecule has 1 saturated carbocycles. The van der Waals surface area contributed by atoms with Crippen LogP contribution >= 0.6 is 0 Å². The van der Waals surface area contributed by atoms with Crippen molar-refractivity contribution in [2.24, 2.45) is 5.92 Å². The number of nitrogens with zero attached hydrogens (tertiary/aromatic N) is 3. The molecule has 1 saturated heterocycles. The Bertz CT molecular complexity index is 809. The van der Waals surface area contributed by atoms with Crippen LogP contribution in [0.5, 0.6) is 0 Å². The minimum atomic E-state index is -0.00620. The lowest BCUT2D eigenvalue weighted by Gasteiger charge is -2.35. The average molecular weight is 386 g/mol. The third-order valence-corrected chi connectivity index (χ3v) is 6.86.